The molecule has 0 aromatic carbocycles. The molecule has 0 aliphatic carbocycles. The number of amides is 1. The number of carbonyl (C=O) groups is 1. The fourth-order valence-electron chi connectivity index (χ4n) is 1.38. The molecule has 0 atom stereocenters. The van der Waals surface area contributed by atoms with Gasteiger partial charge in [0.15, 0.2) is 0 Å². The quantitative estimate of drug-likeness (QED) is 0.462. The number of hydrogen-bond donors (Lipinski definition) is 3. The lowest BCUT2D eigenvalue weighted by Crippen LogP contribution is -2.35. The number of aromatic nitrogens is 2. The lowest BCUT2D eigenvalue weighted by molar-refractivity contribution is -0.121. The van der Waals surface area contributed by atoms with Gasteiger partial charge in [0, 0.05) is 7.05 Å². The zero-order valence-electron chi connectivity index (χ0n) is 10.1. The normalized spacial score (nSPS) is 10.6. The Labute approximate surface area is 104 Å². The van der Waals surface area contributed by atoms with Crippen molar-refractivity contribution in [3.05, 3.63) is 5.01 Å². The Kier molecular flexibility index (Phi) is 5.81. The monoisotopic (exact) mass is 258 g/mol. The van der Waals surface area contributed by atoms with E-state index in [1.807, 2.05) is 4.90 Å². The minimum Gasteiger partial charge on any atom is -0.358 e. The average Bonchev–Trinajstić information content (AvgIpc) is 2.77. The van der Waals surface area contributed by atoms with Crippen LogP contribution in [0.2, 0.25) is 0 Å². The molecule has 1 aromatic rings. The van der Waals surface area contributed by atoms with E-state index in [0.717, 1.165) is 18.0 Å². The molecule has 96 valence electrons. The lowest BCUT2D eigenvalue weighted by Gasteiger charge is -2.18. The third kappa shape index (κ3) is 4.63. The Morgan fingerprint density at radius 2 is 2.29 bits per heavy atom. The molecule has 0 bridgehead atoms. The number of hydrazine groups is 1. The van der Waals surface area contributed by atoms with Gasteiger partial charge in [0.2, 0.25) is 11.0 Å². The molecule has 0 aliphatic heterocycles. The van der Waals surface area contributed by atoms with Gasteiger partial charge in [0.1, 0.15) is 5.01 Å². The van der Waals surface area contributed by atoms with Gasteiger partial charge in [-0.3, -0.25) is 15.1 Å². The van der Waals surface area contributed by atoms with Crippen LogP contribution in [0.15, 0.2) is 0 Å². The maximum absolute atomic E-state index is 11.3. The summed E-state index contributed by atoms with van der Waals surface area (Å²) in [5.41, 5.74) is 2.45. The zero-order valence-corrected chi connectivity index (χ0v) is 10.9. The highest BCUT2D eigenvalue weighted by molar-refractivity contribution is 7.15. The van der Waals surface area contributed by atoms with E-state index in [0.29, 0.717) is 18.2 Å². The Bertz CT molecular complexity index is 355. The highest BCUT2D eigenvalue weighted by Gasteiger charge is 2.12. The summed E-state index contributed by atoms with van der Waals surface area (Å²) in [6.07, 6.45) is 0.984. The molecule has 7 nitrogen and oxygen atoms in total. The van der Waals surface area contributed by atoms with Crippen LogP contribution < -0.4 is 16.6 Å². The van der Waals surface area contributed by atoms with Crippen molar-refractivity contribution in [2.75, 3.05) is 25.6 Å². The van der Waals surface area contributed by atoms with Crippen LogP contribution in [0.25, 0.3) is 0 Å². The number of anilines is 1. The topological polar surface area (TPSA) is 96.2 Å². The fourth-order valence-corrected chi connectivity index (χ4v) is 2.07. The Morgan fingerprint density at radius 1 is 1.53 bits per heavy atom. The van der Waals surface area contributed by atoms with E-state index in [1.165, 1.54) is 11.3 Å². The minimum atomic E-state index is 0.000128. The molecule has 0 fully saturated rings. The molecule has 1 aromatic heterocycles. The number of nitrogens with one attached hydrogen (secondary N) is 2. The molecule has 0 saturated heterocycles. The molecule has 0 radical (unpaired) electrons. The summed E-state index contributed by atoms with van der Waals surface area (Å²) < 4.78 is 0. The number of carbonyl (C=O) groups excluding carboxylic acids is 1. The molecule has 17 heavy (non-hydrogen) atoms. The standard InChI is InChI=1S/C9H18N6OS/c1-3-4-15(5-7(16)11-2)6-8-13-14-9(12-10)17-8/h3-6,10H2,1-2H3,(H,11,16)(H,12,14). The average molecular weight is 258 g/mol. The van der Waals surface area contributed by atoms with Gasteiger partial charge >= 0.3 is 0 Å². The lowest BCUT2D eigenvalue weighted by atomic mass is 10.4. The Balaban J connectivity index is 2.55. The Hall–Kier alpha value is -1.25. The van der Waals surface area contributed by atoms with Crippen molar-refractivity contribution in [1.29, 1.82) is 0 Å². The molecule has 4 N–H and O–H groups in total. The van der Waals surface area contributed by atoms with E-state index in [1.54, 1.807) is 7.05 Å². The second-order valence-corrected chi connectivity index (χ2v) is 4.59. The van der Waals surface area contributed by atoms with Crippen molar-refractivity contribution in [2.24, 2.45) is 5.84 Å². The van der Waals surface area contributed by atoms with Gasteiger partial charge in [-0.2, -0.15) is 0 Å². The van der Waals surface area contributed by atoms with Gasteiger partial charge in [-0.25, -0.2) is 5.84 Å². The molecule has 0 spiro atoms. The molecule has 0 saturated carbocycles. The SMILES string of the molecule is CCCN(CC(=O)NC)Cc1nnc(NN)s1. The summed E-state index contributed by atoms with van der Waals surface area (Å²) >= 11 is 1.39. The third-order valence-corrected chi connectivity index (χ3v) is 2.97. The number of rotatable bonds is 7. The summed E-state index contributed by atoms with van der Waals surface area (Å²) in [5.74, 6) is 5.24. The minimum absolute atomic E-state index is 0.000128. The van der Waals surface area contributed by atoms with Crippen LogP contribution >= 0.6 is 11.3 Å². The first kappa shape index (κ1) is 13.8. The zero-order chi connectivity index (χ0) is 12.7. The van der Waals surface area contributed by atoms with E-state index in [-0.39, 0.29) is 5.91 Å². The van der Waals surface area contributed by atoms with Gasteiger partial charge in [-0.1, -0.05) is 18.3 Å². The van der Waals surface area contributed by atoms with Gasteiger partial charge in [-0.05, 0) is 13.0 Å². The number of nitrogens with two attached hydrogens (primary N) is 1. The first-order chi connectivity index (χ1) is 8.19. The molecular formula is C9H18N6OS. The van der Waals surface area contributed by atoms with Crippen LogP contribution in [-0.2, 0) is 11.3 Å². The van der Waals surface area contributed by atoms with Crippen molar-refractivity contribution in [2.45, 2.75) is 19.9 Å². The van der Waals surface area contributed by atoms with E-state index < -0.39 is 0 Å². The van der Waals surface area contributed by atoms with E-state index in [2.05, 4.69) is 27.9 Å². The second kappa shape index (κ2) is 7.15. The summed E-state index contributed by atoms with van der Waals surface area (Å²) in [5, 5.41) is 11.9. The molecule has 1 rings (SSSR count). The fraction of sp³-hybridized carbons (Fsp3) is 0.667. The first-order valence-corrected chi connectivity index (χ1v) is 6.23. The van der Waals surface area contributed by atoms with Crippen LogP contribution in [0.3, 0.4) is 0 Å². The van der Waals surface area contributed by atoms with E-state index in [4.69, 9.17) is 5.84 Å². The van der Waals surface area contributed by atoms with Gasteiger partial charge < -0.3 is 5.32 Å². The molecule has 0 aliphatic rings. The number of nitrogens with zero attached hydrogens (tertiary/aromatic N) is 3. The van der Waals surface area contributed by atoms with Crippen molar-refractivity contribution in [3.63, 3.8) is 0 Å². The number of hydrogen-bond acceptors (Lipinski definition) is 7. The van der Waals surface area contributed by atoms with Crippen LogP contribution in [-0.4, -0.2) is 41.1 Å². The molecule has 1 amide bonds. The van der Waals surface area contributed by atoms with Crippen LogP contribution in [0.4, 0.5) is 5.13 Å². The van der Waals surface area contributed by atoms with Crippen LogP contribution in [0.5, 0.6) is 0 Å². The number of likely N-dealkylation sites (N-methyl/N-ethyl adjacent to an activating group) is 1. The Morgan fingerprint density at radius 3 is 2.82 bits per heavy atom. The van der Waals surface area contributed by atoms with Gasteiger partial charge in [0.25, 0.3) is 0 Å². The summed E-state index contributed by atoms with van der Waals surface area (Å²) in [7, 11) is 1.63. The van der Waals surface area contributed by atoms with Gasteiger partial charge in [-0.15, -0.1) is 10.2 Å². The van der Waals surface area contributed by atoms with Crippen molar-refractivity contribution >= 4 is 22.4 Å². The summed E-state index contributed by atoms with van der Waals surface area (Å²) in [6, 6.07) is 0. The van der Waals surface area contributed by atoms with Crippen LogP contribution in [0, 0.1) is 0 Å². The van der Waals surface area contributed by atoms with Gasteiger partial charge in [0.05, 0.1) is 13.1 Å². The second-order valence-electron chi connectivity index (χ2n) is 3.53. The summed E-state index contributed by atoms with van der Waals surface area (Å²) in [6.45, 7) is 3.90. The largest absolute Gasteiger partial charge is 0.358 e. The third-order valence-electron chi connectivity index (χ3n) is 2.14. The molecular weight excluding hydrogens is 240 g/mol. The molecule has 1 heterocycles. The van der Waals surface area contributed by atoms with E-state index in [9.17, 15) is 4.79 Å². The van der Waals surface area contributed by atoms with Crippen molar-refractivity contribution < 1.29 is 4.79 Å². The maximum Gasteiger partial charge on any atom is 0.233 e. The van der Waals surface area contributed by atoms with Crippen molar-refractivity contribution in [1.82, 2.24) is 20.4 Å². The molecule has 0 unspecified atom stereocenters. The number of nitrogen functional groups attached to an aromatic ring is 1. The molecule has 8 heteroatoms. The summed E-state index contributed by atoms with van der Waals surface area (Å²) in [4.78, 5) is 13.4. The van der Waals surface area contributed by atoms with Crippen molar-refractivity contribution in [3.8, 4) is 0 Å². The smallest absolute Gasteiger partial charge is 0.233 e. The predicted molar refractivity (Wildman–Crippen MR) is 67.4 cm³/mol. The van der Waals surface area contributed by atoms with E-state index >= 15 is 0 Å². The maximum atomic E-state index is 11.3. The highest BCUT2D eigenvalue weighted by atomic mass is 32.1. The highest BCUT2D eigenvalue weighted by Crippen LogP contribution is 2.15. The predicted octanol–water partition coefficient (Wildman–Crippen LogP) is -0.218. The first-order valence-electron chi connectivity index (χ1n) is 5.41. The van der Waals surface area contributed by atoms with Crippen LogP contribution in [0.1, 0.15) is 18.4 Å².